The van der Waals surface area contributed by atoms with Gasteiger partial charge in [0.1, 0.15) is 22.8 Å². The molecule has 0 saturated heterocycles. The fourth-order valence-electron chi connectivity index (χ4n) is 3.27. The molecule has 0 bridgehead atoms. The molecule has 1 amide bonds. The van der Waals surface area contributed by atoms with Gasteiger partial charge in [-0.05, 0) is 44.2 Å². The van der Waals surface area contributed by atoms with Crippen LogP contribution in [0.2, 0.25) is 5.02 Å². The Bertz CT molecular complexity index is 1300. The normalized spacial score (nSPS) is 10.7. The monoisotopic (exact) mass is 462 g/mol. The number of amides is 1. The highest BCUT2D eigenvalue weighted by atomic mass is 35.5. The van der Waals surface area contributed by atoms with Gasteiger partial charge in [0.15, 0.2) is 0 Å². The van der Waals surface area contributed by atoms with E-state index in [0.717, 1.165) is 17.2 Å². The predicted molar refractivity (Wildman–Crippen MR) is 130 cm³/mol. The maximum Gasteiger partial charge on any atom is 0.261 e. The van der Waals surface area contributed by atoms with Crippen LogP contribution in [0.1, 0.15) is 21.8 Å². The van der Waals surface area contributed by atoms with Crippen LogP contribution in [0.3, 0.4) is 0 Å². The van der Waals surface area contributed by atoms with Crippen LogP contribution in [0.5, 0.6) is 0 Å². The van der Waals surface area contributed by atoms with Crippen LogP contribution in [-0.4, -0.2) is 35.1 Å². The average molecular weight is 463 g/mol. The minimum atomic E-state index is -0.331. The summed E-state index contributed by atoms with van der Waals surface area (Å²) < 4.78 is 5.29. The van der Waals surface area contributed by atoms with Crippen molar-refractivity contribution in [1.82, 2.24) is 15.1 Å². The van der Waals surface area contributed by atoms with Crippen molar-refractivity contribution in [1.29, 1.82) is 0 Å². The molecule has 0 unspecified atom stereocenters. The predicted octanol–water partition coefficient (Wildman–Crippen LogP) is 5.46. The third kappa shape index (κ3) is 4.96. The van der Waals surface area contributed by atoms with E-state index in [0.29, 0.717) is 39.2 Å². The number of rotatable bonds is 6. The Labute approximate surface area is 196 Å². The van der Waals surface area contributed by atoms with Crippen LogP contribution in [0.4, 0.5) is 23.1 Å². The van der Waals surface area contributed by atoms with Gasteiger partial charge in [-0.2, -0.15) is 4.98 Å². The van der Waals surface area contributed by atoms with Gasteiger partial charge in [-0.25, -0.2) is 4.98 Å². The second kappa shape index (κ2) is 9.30. The minimum absolute atomic E-state index is 0.331. The van der Waals surface area contributed by atoms with Crippen molar-refractivity contribution >= 4 is 40.6 Å². The van der Waals surface area contributed by atoms with Crippen LogP contribution in [0.25, 0.3) is 11.3 Å². The lowest BCUT2D eigenvalue weighted by atomic mass is 10.1. The molecule has 0 aliphatic carbocycles. The van der Waals surface area contributed by atoms with Crippen molar-refractivity contribution in [2.75, 3.05) is 29.6 Å². The first-order valence-electron chi connectivity index (χ1n) is 10.2. The second-order valence-corrected chi connectivity index (χ2v) is 8.09. The molecule has 2 aromatic heterocycles. The Balaban J connectivity index is 1.51. The van der Waals surface area contributed by atoms with Gasteiger partial charge in [-0.15, -0.1) is 0 Å². The highest BCUT2D eigenvalue weighted by molar-refractivity contribution is 6.33. The molecule has 9 heteroatoms. The third-order valence-electron chi connectivity index (χ3n) is 4.92. The highest BCUT2D eigenvalue weighted by Crippen LogP contribution is 2.31. The number of benzene rings is 2. The van der Waals surface area contributed by atoms with Crippen molar-refractivity contribution in [2.24, 2.45) is 0 Å². The Kier molecular flexibility index (Phi) is 6.28. The molecule has 2 aromatic carbocycles. The molecule has 33 heavy (non-hydrogen) atoms. The van der Waals surface area contributed by atoms with Gasteiger partial charge in [0.2, 0.25) is 5.95 Å². The summed E-state index contributed by atoms with van der Waals surface area (Å²) in [6, 6.07) is 16.4. The molecule has 8 nitrogen and oxygen atoms in total. The number of nitrogens with zero attached hydrogens (tertiary/aromatic N) is 4. The van der Waals surface area contributed by atoms with E-state index in [1.807, 2.05) is 56.3 Å². The fourth-order valence-corrected chi connectivity index (χ4v) is 3.50. The van der Waals surface area contributed by atoms with Crippen LogP contribution in [0, 0.1) is 13.8 Å². The van der Waals surface area contributed by atoms with Gasteiger partial charge >= 0.3 is 0 Å². The van der Waals surface area contributed by atoms with Crippen molar-refractivity contribution < 1.29 is 9.32 Å². The largest absolute Gasteiger partial charge is 0.363 e. The highest BCUT2D eigenvalue weighted by Gasteiger charge is 2.23. The number of carbonyl (C=O) groups excluding carboxylic acids is 1. The number of hydrogen-bond acceptors (Lipinski definition) is 7. The Morgan fingerprint density at radius 3 is 2.39 bits per heavy atom. The van der Waals surface area contributed by atoms with E-state index in [4.69, 9.17) is 16.1 Å². The van der Waals surface area contributed by atoms with E-state index in [9.17, 15) is 4.79 Å². The van der Waals surface area contributed by atoms with E-state index in [1.165, 1.54) is 0 Å². The summed E-state index contributed by atoms with van der Waals surface area (Å²) in [5, 5.41) is 10.6. The lowest BCUT2D eigenvalue weighted by Crippen LogP contribution is -2.13. The number of aromatic nitrogens is 3. The first-order valence-corrected chi connectivity index (χ1v) is 10.6. The minimum Gasteiger partial charge on any atom is -0.363 e. The molecule has 0 radical (unpaired) electrons. The van der Waals surface area contributed by atoms with Gasteiger partial charge < -0.3 is 20.1 Å². The Morgan fingerprint density at radius 1 is 1.00 bits per heavy atom. The molecule has 168 valence electrons. The SMILES string of the molecule is Cc1cc(N(C)C)nc(Nc2ccc(NC(=O)c3c(-c4ccccc4Cl)noc3C)cc2)n1. The summed E-state index contributed by atoms with van der Waals surface area (Å²) in [7, 11) is 3.86. The first-order chi connectivity index (χ1) is 15.8. The fraction of sp³-hybridized carbons (Fsp3) is 0.167. The number of hydrogen-bond donors (Lipinski definition) is 2. The van der Waals surface area contributed by atoms with Crippen molar-refractivity contribution in [3.63, 3.8) is 0 Å². The number of carbonyl (C=O) groups is 1. The van der Waals surface area contributed by atoms with E-state index in [-0.39, 0.29) is 5.91 Å². The molecule has 0 aliphatic rings. The first kappa shape index (κ1) is 22.3. The molecule has 0 saturated carbocycles. The third-order valence-corrected chi connectivity index (χ3v) is 5.25. The molecule has 0 fully saturated rings. The summed E-state index contributed by atoms with van der Waals surface area (Å²) in [5.41, 5.74) is 3.66. The van der Waals surface area contributed by atoms with Crippen LogP contribution >= 0.6 is 11.6 Å². The molecular weight excluding hydrogens is 440 g/mol. The number of anilines is 4. The van der Waals surface area contributed by atoms with E-state index < -0.39 is 0 Å². The summed E-state index contributed by atoms with van der Waals surface area (Å²) in [6.45, 7) is 3.61. The molecule has 4 rings (SSSR count). The standard InChI is InChI=1S/C24H23ClN6O2/c1-14-13-20(31(3)4)29-24(26-14)28-17-11-9-16(10-12-17)27-23(32)21-15(2)33-30-22(21)18-7-5-6-8-19(18)25/h5-13H,1-4H3,(H,27,32)(H,26,28,29). The Morgan fingerprint density at radius 2 is 1.70 bits per heavy atom. The maximum atomic E-state index is 13.0. The molecule has 4 aromatic rings. The zero-order valence-corrected chi connectivity index (χ0v) is 19.4. The van der Waals surface area contributed by atoms with E-state index in [2.05, 4.69) is 25.8 Å². The van der Waals surface area contributed by atoms with Crippen molar-refractivity contribution in [2.45, 2.75) is 13.8 Å². The summed E-state index contributed by atoms with van der Waals surface area (Å²) in [5.74, 6) is 1.39. The van der Waals surface area contributed by atoms with Crippen molar-refractivity contribution in [3.05, 3.63) is 76.6 Å². The van der Waals surface area contributed by atoms with Gasteiger partial charge in [-0.1, -0.05) is 35.0 Å². The lowest BCUT2D eigenvalue weighted by Gasteiger charge is -2.14. The number of halogens is 1. The molecule has 0 spiro atoms. The lowest BCUT2D eigenvalue weighted by molar-refractivity contribution is 0.102. The van der Waals surface area contributed by atoms with Gasteiger partial charge in [0, 0.05) is 42.8 Å². The average Bonchev–Trinajstić information content (AvgIpc) is 3.16. The zero-order chi connectivity index (χ0) is 23.5. The van der Waals surface area contributed by atoms with Gasteiger partial charge in [-0.3, -0.25) is 4.79 Å². The summed E-state index contributed by atoms with van der Waals surface area (Å²) in [4.78, 5) is 23.9. The molecule has 2 N–H and O–H groups in total. The molecule has 0 aliphatic heterocycles. The van der Waals surface area contributed by atoms with Gasteiger partial charge in [0.25, 0.3) is 5.91 Å². The van der Waals surface area contributed by atoms with Crippen LogP contribution in [-0.2, 0) is 0 Å². The molecule has 0 atom stereocenters. The van der Waals surface area contributed by atoms with Crippen molar-refractivity contribution in [3.8, 4) is 11.3 Å². The summed E-state index contributed by atoms with van der Waals surface area (Å²) >= 11 is 6.29. The molecule has 2 heterocycles. The Hall–Kier alpha value is -3.91. The molecular formula is C24H23ClN6O2. The zero-order valence-electron chi connectivity index (χ0n) is 18.7. The van der Waals surface area contributed by atoms with Gasteiger partial charge in [0.05, 0.1) is 5.02 Å². The number of nitrogens with one attached hydrogen (secondary N) is 2. The van der Waals surface area contributed by atoms with E-state index >= 15 is 0 Å². The summed E-state index contributed by atoms with van der Waals surface area (Å²) in [6.07, 6.45) is 0. The van der Waals surface area contributed by atoms with Crippen LogP contribution in [0.15, 0.2) is 59.1 Å². The van der Waals surface area contributed by atoms with E-state index in [1.54, 1.807) is 31.2 Å². The van der Waals surface area contributed by atoms with Crippen LogP contribution < -0.4 is 15.5 Å². The smallest absolute Gasteiger partial charge is 0.261 e. The second-order valence-electron chi connectivity index (χ2n) is 7.68. The number of aryl methyl sites for hydroxylation is 2. The quantitative estimate of drug-likeness (QED) is 0.392. The maximum absolute atomic E-state index is 13.0. The topological polar surface area (TPSA) is 96.2 Å².